The molecule has 0 bridgehead atoms. The fraction of sp³-hybridized carbons (Fsp3) is 0.333. The molecule has 0 amide bonds. The van der Waals surface area contributed by atoms with Crippen molar-refractivity contribution in [3.05, 3.63) is 23.4 Å². The maximum Gasteiger partial charge on any atom is 0.354 e. The van der Waals surface area contributed by atoms with Gasteiger partial charge in [0, 0.05) is 0 Å². The third-order valence-corrected chi connectivity index (χ3v) is 1.85. The molecule has 0 spiro atoms. The molecular formula is C9H12NO4+. The van der Waals surface area contributed by atoms with Crippen molar-refractivity contribution in [3.8, 4) is 0 Å². The van der Waals surface area contributed by atoms with Crippen LogP contribution in [0.1, 0.15) is 0 Å². The summed E-state index contributed by atoms with van der Waals surface area (Å²) in [5.74, 6) is -0.472. The van der Waals surface area contributed by atoms with Gasteiger partial charge in [-0.15, -0.1) is 0 Å². The molecule has 1 unspecified atom stereocenters. The molecule has 1 atom stereocenters. The number of rotatable bonds is 3. The van der Waals surface area contributed by atoms with Crippen molar-refractivity contribution < 1.29 is 19.1 Å². The maximum atomic E-state index is 11.1. The summed E-state index contributed by atoms with van der Waals surface area (Å²) in [6.07, 6.45) is 3.28. The second-order valence-electron chi connectivity index (χ2n) is 2.66. The van der Waals surface area contributed by atoms with Crippen LogP contribution in [-0.4, -0.2) is 37.4 Å². The highest BCUT2D eigenvalue weighted by Crippen LogP contribution is 2.09. The molecule has 2 N–H and O–H groups in total. The molecule has 0 aromatic carbocycles. The molecule has 1 heterocycles. The van der Waals surface area contributed by atoms with Gasteiger partial charge in [-0.05, 0) is 12.2 Å². The molecule has 14 heavy (non-hydrogen) atoms. The van der Waals surface area contributed by atoms with Gasteiger partial charge < -0.3 is 14.8 Å². The lowest BCUT2D eigenvalue weighted by Gasteiger charge is -2.18. The summed E-state index contributed by atoms with van der Waals surface area (Å²) in [4.78, 5) is 21.7. The second-order valence-corrected chi connectivity index (χ2v) is 2.66. The Kier molecular flexibility index (Phi) is 3.41. The molecule has 1 aliphatic rings. The summed E-state index contributed by atoms with van der Waals surface area (Å²) in [6.45, 7) is 0. The Labute approximate surface area is 81.4 Å². The molecule has 0 aliphatic carbocycles. The lowest BCUT2D eigenvalue weighted by atomic mass is 10.1. The molecule has 0 fully saturated rings. The van der Waals surface area contributed by atoms with E-state index in [1.165, 1.54) is 13.2 Å². The number of nitrogens with one attached hydrogen (secondary N) is 1. The predicted octanol–water partition coefficient (Wildman–Crippen LogP) is -0.744. The molecule has 1 rings (SSSR count). The Morgan fingerprint density at radius 3 is 2.86 bits per heavy atom. The zero-order valence-electron chi connectivity index (χ0n) is 7.98. The van der Waals surface area contributed by atoms with Gasteiger partial charge in [-0.2, -0.15) is 0 Å². The Balaban J connectivity index is 2.85. The van der Waals surface area contributed by atoms with Crippen LogP contribution in [0.4, 0.5) is 0 Å². The minimum atomic E-state index is -0.472. The van der Waals surface area contributed by atoms with Crippen LogP contribution in [0.2, 0.25) is 0 Å². The van der Waals surface area contributed by atoms with E-state index < -0.39 is 12.2 Å². The summed E-state index contributed by atoms with van der Waals surface area (Å²) >= 11 is 0. The molecule has 0 aromatic rings. The zero-order chi connectivity index (χ0) is 10.6. The first kappa shape index (κ1) is 10.5. The predicted molar refractivity (Wildman–Crippen MR) is 49.3 cm³/mol. The summed E-state index contributed by atoms with van der Waals surface area (Å²) in [5, 5.41) is 2.78. The molecule has 76 valence electrons. The van der Waals surface area contributed by atoms with Gasteiger partial charge in [0.1, 0.15) is 12.8 Å². The van der Waals surface area contributed by atoms with Crippen LogP contribution >= 0.6 is 0 Å². The molecule has 5 heteroatoms. The highest BCUT2D eigenvalue weighted by atomic mass is 16.5. The van der Waals surface area contributed by atoms with Gasteiger partial charge in [0.25, 0.3) is 6.23 Å². The van der Waals surface area contributed by atoms with Crippen LogP contribution in [0.25, 0.3) is 0 Å². The van der Waals surface area contributed by atoms with Gasteiger partial charge >= 0.3 is 5.97 Å². The minimum absolute atomic E-state index is 0.300. The van der Waals surface area contributed by atoms with E-state index >= 15 is 0 Å². The van der Waals surface area contributed by atoms with Crippen LogP contribution in [0, 0.1) is 0 Å². The monoisotopic (exact) mass is 198 g/mol. The fourth-order valence-electron chi connectivity index (χ4n) is 1.10. The van der Waals surface area contributed by atoms with Gasteiger partial charge in [-0.25, -0.2) is 4.79 Å². The van der Waals surface area contributed by atoms with E-state index in [9.17, 15) is 9.59 Å². The molecule has 0 saturated carbocycles. The fourth-order valence-corrected chi connectivity index (χ4v) is 1.10. The van der Waals surface area contributed by atoms with Crippen LogP contribution in [-0.2, 0) is 14.3 Å². The number of carbonyl (C=O) groups excluding carboxylic acids is 2. The quantitative estimate of drug-likeness (QED) is 0.368. The SMILES string of the molecule is COC(=O)C1=CC=C(C=O)C([OH+]C)N1. The normalized spacial score (nSPS) is 20.3. The van der Waals surface area contributed by atoms with Crippen molar-refractivity contribution in [3.63, 3.8) is 0 Å². The van der Waals surface area contributed by atoms with Crippen molar-refractivity contribution in [2.45, 2.75) is 6.23 Å². The van der Waals surface area contributed by atoms with Crippen molar-refractivity contribution in [1.82, 2.24) is 5.32 Å². The first-order valence-corrected chi connectivity index (χ1v) is 4.03. The highest BCUT2D eigenvalue weighted by Gasteiger charge is 2.24. The summed E-state index contributed by atoms with van der Waals surface area (Å²) in [7, 11) is 2.86. The lowest BCUT2D eigenvalue weighted by Crippen LogP contribution is -2.39. The molecule has 1 aliphatic heterocycles. The first-order chi connectivity index (χ1) is 6.72. The summed E-state index contributed by atoms with van der Waals surface area (Å²) in [6, 6.07) is 0. The summed E-state index contributed by atoms with van der Waals surface area (Å²) in [5.41, 5.74) is 0.786. The van der Waals surface area contributed by atoms with Crippen molar-refractivity contribution in [2.24, 2.45) is 0 Å². The standard InChI is InChI=1S/C9H11NO4/c1-13-8-6(5-11)3-4-7(10-8)9(12)14-2/h3-5,8,10H,1-2H3/p+1. The molecule has 0 radical (unpaired) electrons. The zero-order valence-corrected chi connectivity index (χ0v) is 7.98. The van der Waals surface area contributed by atoms with Crippen LogP contribution in [0.3, 0.4) is 0 Å². The van der Waals surface area contributed by atoms with Crippen molar-refractivity contribution in [1.29, 1.82) is 0 Å². The average Bonchev–Trinajstić information content (AvgIpc) is 2.26. The number of dihydropyridines is 1. The summed E-state index contributed by atoms with van der Waals surface area (Å²) < 4.78 is 8.43. The third kappa shape index (κ3) is 2.00. The molecule has 0 saturated heterocycles. The third-order valence-electron chi connectivity index (χ3n) is 1.85. The van der Waals surface area contributed by atoms with Gasteiger partial charge in [0.05, 0.1) is 12.7 Å². The van der Waals surface area contributed by atoms with E-state index in [1.54, 1.807) is 13.2 Å². The minimum Gasteiger partial charge on any atom is -0.464 e. The van der Waals surface area contributed by atoms with Gasteiger partial charge in [0.2, 0.25) is 0 Å². The van der Waals surface area contributed by atoms with Crippen LogP contribution in [0.5, 0.6) is 0 Å². The van der Waals surface area contributed by atoms with Gasteiger partial charge in [-0.3, -0.25) is 4.79 Å². The molecule has 5 nitrogen and oxygen atoms in total. The van der Waals surface area contributed by atoms with Crippen LogP contribution < -0.4 is 5.32 Å². The number of esters is 1. The number of aliphatic hydroxyl groups is 2. The van der Waals surface area contributed by atoms with E-state index in [2.05, 4.69) is 14.8 Å². The van der Waals surface area contributed by atoms with Gasteiger partial charge in [-0.1, -0.05) is 0 Å². The second kappa shape index (κ2) is 4.57. The topological polar surface area (TPSA) is 68.2 Å². The number of methoxy groups -OCH3 is 1. The number of hydrogen-bond acceptors (Lipinski definition) is 4. The molecule has 0 aromatic heterocycles. The Hall–Kier alpha value is -1.62. The van der Waals surface area contributed by atoms with E-state index in [1.807, 2.05) is 0 Å². The lowest BCUT2D eigenvalue weighted by molar-refractivity contribution is -0.138. The van der Waals surface area contributed by atoms with Crippen molar-refractivity contribution >= 4 is 12.3 Å². The average molecular weight is 198 g/mol. The van der Waals surface area contributed by atoms with E-state index in [0.717, 1.165) is 0 Å². The Morgan fingerprint density at radius 1 is 1.64 bits per heavy atom. The van der Waals surface area contributed by atoms with Crippen molar-refractivity contribution in [2.75, 3.05) is 14.2 Å². The number of aldehydes is 1. The van der Waals surface area contributed by atoms with Crippen LogP contribution in [0.15, 0.2) is 23.4 Å². The van der Waals surface area contributed by atoms with E-state index in [4.69, 9.17) is 0 Å². The Bertz CT molecular complexity index is 306. The highest BCUT2D eigenvalue weighted by molar-refractivity contribution is 5.89. The smallest absolute Gasteiger partial charge is 0.354 e. The number of allylic oxidation sites excluding steroid dienone is 2. The number of hydrogen-bond donors (Lipinski definition) is 1. The maximum absolute atomic E-state index is 11.1. The first-order valence-electron chi connectivity index (χ1n) is 4.03. The van der Waals surface area contributed by atoms with E-state index in [-0.39, 0.29) is 0 Å². The number of ether oxygens (including phenoxy) is 2. The van der Waals surface area contributed by atoms with Gasteiger partial charge in [0.15, 0.2) is 6.29 Å². The number of carbonyl (C=O) groups is 2. The Morgan fingerprint density at radius 2 is 2.36 bits per heavy atom. The molecular weight excluding hydrogens is 186 g/mol. The van der Waals surface area contributed by atoms with E-state index in [0.29, 0.717) is 17.6 Å². The largest absolute Gasteiger partial charge is 0.464 e.